The maximum atomic E-state index is 12.5. The van der Waals surface area contributed by atoms with Gasteiger partial charge in [0.15, 0.2) is 0 Å². The van der Waals surface area contributed by atoms with E-state index in [0.29, 0.717) is 5.69 Å². The number of ether oxygens (including phenoxy) is 1. The van der Waals surface area contributed by atoms with Crippen LogP contribution in [0.1, 0.15) is 24.2 Å². The van der Waals surface area contributed by atoms with Crippen molar-refractivity contribution in [3.63, 3.8) is 0 Å². The fourth-order valence-corrected chi connectivity index (χ4v) is 3.72. The number of nitro groups is 1. The molecule has 2 aromatic rings. The van der Waals surface area contributed by atoms with Crippen LogP contribution in [0.5, 0.6) is 5.75 Å². The van der Waals surface area contributed by atoms with Crippen LogP contribution in [0.4, 0.5) is 17.1 Å². The van der Waals surface area contributed by atoms with Crippen molar-refractivity contribution in [2.24, 2.45) is 0 Å². The fourth-order valence-electron chi connectivity index (χ4n) is 2.58. The molecule has 0 heterocycles. The molecular formula is C18H21N3O6S. The Labute approximate surface area is 163 Å². The van der Waals surface area contributed by atoms with Gasteiger partial charge in [0.2, 0.25) is 10.0 Å². The number of benzene rings is 2. The predicted molar refractivity (Wildman–Crippen MR) is 107 cm³/mol. The minimum Gasteiger partial charge on any atom is -0.495 e. The van der Waals surface area contributed by atoms with Crippen LogP contribution in [0.25, 0.3) is 0 Å². The lowest BCUT2D eigenvalue weighted by Gasteiger charge is -2.22. The van der Waals surface area contributed by atoms with E-state index >= 15 is 0 Å². The van der Waals surface area contributed by atoms with Crippen molar-refractivity contribution in [1.82, 2.24) is 0 Å². The Kier molecular flexibility index (Phi) is 6.57. The summed E-state index contributed by atoms with van der Waals surface area (Å²) in [5.74, 6) is -0.260. The maximum absolute atomic E-state index is 12.5. The highest BCUT2D eigenvalue weighted by molar-refractivity contribution is 7.92. The molecule has 0 radical (unpaired) electrons. The zero-order valence-corrected chi connectivity index (χ0v) is 16.5. The van der Waals surface area contributed by atoms with Crippen LogP contribution in [0, 0.1) is 10.1 Å². The summed E-state index contributed by atoms with van der Waals surface area (Å²) in [6.07, 6.45) is 0. The molecular weight excluding hydrogens is 386 g/mol. The SMILES string of the molecule is CCN(c1ccc(C(=O)Nc2cc([N+](=O)[O-])ccc2OC)cc1)S(=O)(=O)CC. The van der Waals surface area contributed by atoms with Gasteiger partial charge in [0.05, 0.1) is 29.2 Å². The maximum Gasteiger partial charge on any atom is 0.271 e. The Balaban J connectivity index is 2.27. The molecule has 2 rings (SSSR count). The molecule has 0 spiro atoms. The topological polar surface area (TPSA) is 119 Å². The third-order valence-electron chi connectivity index (χ3n) is 4.05. The summed E-state index contributed by atoms with van der Waals surface area (Å²) < 4.78 is 30.6. The molecule has 0 aliphatic heterocycles. The number of methoxy groups -OCH3 is 1. The van der Waals surface area contributed by atoms with Crippen molar-refractivity contribution < 1.29 is 22.9 Å². The van der Waals surface area contributed by atoms with E-state index in [-0.39, 0.29) is 35.0 Å². The lowest BCUT2D eigenvalue weighted by Crippen LogP contribution is -2.32. The first-order valence-electron chi connectivity index (χ1n) is 8.47. The molecule has 0 aliphatic carbocycles. The number of non-ortho nitro benzene ring substituents is 1. The van der Waals surface area contributed by atoms with Gasteiger partial charge in [0.25, 0.3) is 11.6 Å². The number of hydrogen-bond acceptors (Lipinski definition) is 6. The third-order valence-corrected chi connectivity index (χ3v) is 5.92. The van der Waals surface area contributed by atoms with Crippen molar-refractivity contribution in [1.29, 1.82) is 0 Å². The summed E-state index contributed by atoms with van der Waals surface area (Å²) in [4.78, 5) is 22.9. The van der Waals surface area contributed by atoms with Crippen molar-refractivity contribution in [2.45, 2.75) is 13.8 Å². The number of nitrogens with one attached hydrogen (secondary N) is 1. The van der Waals surface area contributed by atoms with Crippen LogP contribution < -0.4 is 14.4 Å². The predicted octanol–water partition coefficient (Wildman–Crippen LogP) is 3.03. The van der Waals surface area contributed by atoms with Crippen LogP contribution in [0.2, 0.25) is 0 Å². The number of rotatable bonds is 8. The van der Waals surface area contributed by atoms with Gasteiger partial charge in [0, 0.05) is 24.2 Å². The normalized spacial score (nSPS) is 11.0. The van der Waals surface area contributed by atoms with Gasteiger partial charge < -0.3 is 10.1 Å². The number of nitrogens with zero attached hydrogens (tertiary/aromatic N) is 2. The van der Waals surface area contributed by atoms with E-state index in [2.05, 4.69) is 5.32 Å². The van der Waals surface area contributed by atoms with Crippen LogP contribution in [0.15, 0.2) is 42.5 Å². The van der Waals surface area contributed by atoms with Crippen molar-refractivity contribution in [3.8, 4) is 5.75 Å². The van der Waals surface area contributed by atoms with E-state index in [1.807, 2.05) is 0 Å². The van der Waals surface area contributed by atoms with Crippen LogP contribution in [0.3, 0.4) is 0 Å². The fraction of sp³-hybridized carbons (Fsp3) is 0.278. The molecule has 2 aromatic carbocycles. The molecule has 0 saturated carbocycles. The highest BCUT2D eigenvalue weighted by Crippen LogP contribution is 2.29. The standard InChI is InChI=1S/C18H21N3O6S/c1-4-20(28(25,26)5-2)14-8-6-13(7-9-14)18(22)19-16-12-15(21(23)24)10-11-17(16)27-3/h6-12H,4-5H2,1-3H3,(H,19,22). The molecule has 0 atom stereocenters. The van der Waals surface area contributed by atoms with Crippen molar-refractivity contribution >= 4 is 33.0 Å². The van der Waals surface area contributed by atoms with E-state index < -0.39 is 20.9 Å². The second-order valence-corrected chi connectivity index (χ2v) is 7.89. The number of carbonyl (C=O) groups is 1. The average Bonchev–Trinajstić information content (AvgIpc) is 2.68. The number of amides is 1. The number of nitro benzene ring substituents is 1. The lowest BCUT2D eigenvalue weighted by molar-refractivity contribution is -0.384. The third kappa shape index (κ3) is 4.58. The summed E-state index contributed by atoms with van der Waals surface area (Å²) in [7, 11) is -2.03. The second kappa shape index (κ2) is 8.70. The summed E-state index contributed by atoms with van der Waals surface area (Å²) in [6, 6.07) is 9.93. The molecule has 0 aliphatic rings. The van der Waals surface area contributed by atoms with E-state index in [0.717, 1.165) is 0 Å². The first-order chi connectivity index (χ1) is 13.2. The summed E-state index contributed by atoms with van der Waals surface area (Å²) in [6.45, 7) is 3.56. The molecule has 0 fully saturated rings. The number of carbonyl (C=O) groups excluding carboxylic acids is 1. The lowest BCUT2D eigenvalue weighted by atomic mass is 10.1. The average molecular weight is 407 g/mol. The monoisotopic (exact) mass is 407 g/mol. The van der Waals surface area contributed by atoms with Crippen LogP contribution >= 0.6 is 0 Å². The van der Waals surface area contributed by atoms with Gasteiger partial charge in [-0.15, -0.1) is 0 Å². The zero-order chi connectivity index (χ0) is 20.9. The van der Waals surface area contributed by atoms with Gasteiger partial charge in [0.1, 0.15) is 5.75 Å². The Bertz CT molecular complexity index is 973. The van der Waals surface area contributed by atoms with Crippen LogP contribution in [-0.2, 0) is 10.0 Å². The van der Waals surface area contributed by atoms with E-state index in [4.69, 9.17) is 4.74 Å². The largest absolute Gasteiger partial charge is 0.495 e. The van der Waals surface area contributed by atoms with Gasteiger partial charge in [-0.2, -0.15) is 0 Å². The van der Waals surface area contributed by atoms with Crippen molar-refractivity contribution in [2.75, 3.05) is 29.0 Å². The summed E-state index contributed by atoms with van der Waals surface area (Å²) in [5, 5.41) is 13.5. The van der Waals surface area contributed by atoms with Gasteiger partial charge in [-0.05, 0) is 44.2 Å². The van der Waals surface area contributed by atoms with E-state index in [1.165, 1.54) is 53.9 Å². The van der Waals surface area contributed by atoms with Crippen LogP contribution in [-0.4, -0.2) is 38.7 Å². The molecule has 0 unspecified atom stereocenters. The summed E-state index contributed by atoms with van der Waals surface area (Å²) >= 11 is 0. The highest BCUT2D eigenvalue weighted by Gasteiger charge is 2.19. The molecule has 10 heteroatoms. The number of sulfonamides is 1. The van der Waals surface area contributed by atoms with Crippen molar-refractivity contribution in [3.05, 3.63) is 58.1 Å². The Hall–Kier alpha value is -3.14. The Morgan fingerprint density at radius 1 is 1.18 bits per heavy atom. The van der Waals surface area contributed by atoms with Gasteiger partial charge in [-0.1, -0.05) is 0 Å². The molecule has 28 heavy (non-hydrogen) atoms. The van der Waals surface area contributed by atoms with E-state index in [9.17, 15) is 23.3 Å². The van der Waals surface area contributed by atoms with E-state index in [1.54, 1.807) is 13.8 Å². The second-order valence-electron chi connectivity index (χ2n) is 5.71. The molecule has 1 N–H and O–H groups in total. The number of hydrogen-bond donors (Lipinski definition) is 1. The molecule has 0 aromatic heterocycles. The Morgan fingerprint density at radius 3 is 2.32 bits per heavy atom. The quantitative estimate of drug-likeness (QED) is 0.531. The molecule has 0 saturated heterocycles. The zero-order valence-electron chi connectivity index (χ0n) is 15.7. The van der Waals surface area contributed by atoms with Gasteiger partial charge >= 0.3 is 0 Å². The first kappa shape index (κ1) is 21.2. The first-order valence-corrected chi connectivity index (χ1v) is 10.1. The van der Waals surface area contributed by atoms with Gasteiger partial charge in [-0.3, -0.25) is 19.2 Å². The Morgan fingerprint density at radius 2 is 1.82 bits per heavy atom. The molecule has 150 valence electrons. The summed E-state index contributed by atoms with van der Waals surface area (Å²) in [5.41, 5.74) is 0.695. The smallest absolute Gasteiger partial charge is 0.271 e. The number of anilines is 2. The molecule has 1 amide bonds. The minimum absolute atomic E-state index is 0.0321. The highest BCUT2D eigenvalue weighted by atomic mass is 32.2. The molecule has 9 nitrogen and oxygen atoms in total. The minimum atomic E-state index is -3.41. The molecule has 0 bridgehead atoms. The van der Waals surface area contributed by atoms with Gasteiger partial charge in [-0.25, -0.2) is 8.42 Å².